The molecule has 1 N–H and O–H groups in total. The topological polar surface area (TPSA) is 88.6 Å². The summed E-state index contributed by atoms with van der Waals surface area (Å²) in [6.45, 7) is 1.64. The molecule has 0 saturated heterocycles. The Morgan fingerprint density at radius 2 is 2.27 bits per heavy atom. The van der Waals surface area contributed by atoms with E-state index in [2.05, 4.69) is 20.6 Å². The van der Waals surface area contributed by atoms with Gasteiger partial charge in [0.05, 0.1) is 4.75 Å². The van der Waals surface area contributed by atoms with E-state index in [4.69, 9.17) is 0 Å². The lowest BCUT2D eigenvalue weighted by molar-refractivity contribution is 0.553. The molecule has 0 aromatic carbocycles. The van der Waals surface area contributed by atoms with E-state index in [-0.39, 0.29) is 5.16 Å². The number of rotatable bonds is 2. The number of allylic oxidation sites excluding steroid dienone is 3. The molecular weight excluding hydrogens is 216 g/mol. The molecule has 1 aromatic rings. The largest absolute Gasteiger partial charge is 0.289 e. The predicted molar refractivity (Wildman–Crippen MR) is 52.7 cm³/mol. The summed E-state index contributed by atoms with van der Waals surface area (Å²) in [6, 6.07) is 0. The Kier molecular flexibility index (Phi) is 2.18. The highest BCUT2D eigenvalue weighted by atomic mass is 32.2. The summed E-state index contributed by atoms with van der Waals surface area (Å²) in [5, 5.41) is 12.2. The van der Waals surface area contributed by atoms with Gasteiger partial charge in [-0.05, 0) is 18.6 Å². The minimum absolute atomic E-state index is 0.259. The Morgan fingerprint density at radius 1 is 1.47 bits per heavy atom. The van der Waals surface area contributed by atoms with Crippen LogP contribution in [0.4, 0.5) is 0 Å². The molecule has 0 amide bonds. The van der Waals surface area contributed by atoms with Gasteiger partial charge in [0.25, 0.3) is 5.16 Å². The van der Waals surface area contributed by atoms with E-state index in [9.17, 15) is 8.42 Å². The van der Waals surface area contributed by atoms with E-state index in [0.29, 0.717) is 6.42 Å². The van der Waals surface area contributed by atoms with Gasteiger partial charge in [-0.3, -0.25) is 0 Å². The number of tetrazole rings is 1. The molecule has 1 aromatic heterocycles. The monoisotopic (exact) mass is 226 g/mol. The first-order chi connectivity index (χ1) is 7.06. The van der Waals surface area contributed by atoms with Crippen molar-refractivity contribution in [2.45, 2.75) is 23.2 Å². The third-order valence-corrected chi connectivity index (χ3v) is 4.58. The third kappa shape index (κ3) is 1.48. The Balaban J connectivity index is 2.47. The number of aromatic nitrogens is 4. The third-order valence-electron chi connectivity index (χ3n) is 2.40. The second kappa shape index (κ2) is 3.27. The van der Waals surface area contributed by atoms with Gasteiger partial charge in [-0.2, -0.15) is 5.21 Å². The fourth-order valence-corrected chi connectivity index (χ4v) is 2.68. The van der Waals surface area contributed by atoms with Gasteiger partial charge in [-0.15, -0.1) is 5.10 Å². The molecule has 1 unspecified atom stereocenters. The van der Waals surface area contributed by atoms with Crippen LogP contribution in [0.5, 0.6) is 0 Å². The van der Waals surface area contributed by atoms with Crippen LogP contribution >= 0.6 is 0 Å². The zero-order valence-electron chi connectivity index (χ0n) is 8.08. The maximum absolute atomic E-state index is 12.1. The average Bonchev–Trinajstić information content (AvgIpc) is 2.72. The molecule has 0 saturated carbocycles. The van der Waals surface area contributed by atoms with Crippen LogP contribution in [0, 0.1) is 0 Å². The second-order valence-corrected chi connectivity index (χ2v) is 5.81. The van der Waals surface area contributed by atoms with Crippen molar-refractivity contribution in [3.05, 3.63) is 24.3 Å². The summed E-state index contributed by atoms with van der Waals surface area (Å²) in [6.07, 6.45) is 7.38. The quantitative estimate of drug-likeness (QED) is 0.780. The van der Waals surface area contributed by atoms with Gasteiger partial charge in [-0.1, -0.05) is 29.4 Å². The average molecular weight is 226 g/mol. The van der Waals surface area contributed by atoms with Gasteiger partial charge < -0.3 is 0 Å². The first kappa shape index (κ1) is 10.0. The van der Waals surface area contributed by atoms with Crippen LogP contribution in [0.3, 0.4) is 0 Å². The van der Waals surface area contributed by atoms with Gasteiger partial charge in [0.2, 0.25) is 9.84 Å². The van der Waals surface area contributed by atoms with Gasteiger partial charge in [0, 0.05) is 0 Å². The van der Waals surface area contributed by atoms with Crippen LogP contribution in [0.25, 0.3) is 0 Å². The van der Waals surface area contributed by atoms with E-state index in [1.165, 1.54) is 0 Å². The Morgan fingerprint density at radius 3 is 2.80 bits per heavy atom. The Hall–Kier alpha value is -1.50. The molecule has 0 fully saturated rings. The van der Waals surface area contributed by atoms with Crippen molar-refractivity contribution in [3.63, 3.8) is 0 Å². The highest BCUT2D eigenvalue weighted by Crippen LogP contribution is 2.30. The van der Waals surface area contributed by atoms with E-state index in [0.717, 1.165) is 0 Å². The highest BCUT2D eigenvalue weighted by Gasteiger charge is 2.40. The molecule has 2 rings (SSSR count). The van der Waals surface area contributed by atoms with Crippen LogP contribution in [0.1, 0.15) is 13.3 Å². The molecule has 1 aliphatic rings. The van der Waals surface area contributed by atoms with Gasteiger partial charge in [0.1, 0.15) is 0 Å². The van der Waals surface area contributed by atoms with Crippen LogP contribution in [0.2, 0.25) is 0 Å². The fraction of sp³-hybridized carbons (Fsp3) is 0.375. The van der Waals surface area contributed by atoms with Crippen LogP contribution in [-0.2, 0) is 9.84 Å². The number of hydrogen-bond acceptors (Lipinski definition) is 5. The summed E-state index contributed by atoms with van der Waals surface area (Å²) in [4.78, 5) is 0. The first-order valence-electron chi connectivity index (χ1n) is 4.39. The van der Waals surface area contributed by atoms with E-state index >= 15 is 0 Å². The van der Waals surface area contributed by atoms with Crippen LogP contribution in [-0.4, -0.2) is 33.8 Å². The number of hydrogen-bond donors (Lipinski definition) is 1. The standard InChI is InChI=1S/C8H10N4O2S/c1-8(5-3-2-4-6-8)15(13,14)7-9-11-12-10-7/h2-5H,6H2,1H3,(H,9,10,11,12). The summed E-state index contributed by atoms with van der Waals surface area (Å²) in [5.74, 6) is 0. The van der Waals surface area contributed by atoms with E-state index < -0.39 is 14.6 Å². The highest BCUT2D eigenvalue weighted by molar-refractivity contribution is 7.92. The summed E-state index contributed by atoms with van der Waals surface area (Å²) in [7, 11) is -3.57. The summed E-state index contributed by atoms with van der Waals surface area (Å²) < 4.78 is 23.2. The lowest BCUT2D eigenvalue weighted by Gasteiger charge is -2.23. The molecule has 7 heteroatoms. The van der Waals surface area contributed by atoms with Crippen LogP contribution < -0.4 is 0 Å². The minimum atomic E-state index is -3.57. The van der Waals surface area contributed by atoms with Crippen LogP contribution in [0.15, 0.2) is 29.5 Å². The number of nitrogens with zero attached hydrogens (tertiary/aromatic N) is 3. The molecule has 0 spiro atoms. The van der Waals surface area contributed by atoms with Gasteiger partial charge in [-0.25, -0.2) is 8.42 Å². The lowest BCUT2D eigenvalue weighted by Crippen LogP contribution is -2.34. The smallest absolute Gasteiger partial charge is 0.219 e. The van der Waals surface area contributed by atoms with Crippen molar-refractivity contribution >= 4 is 9.84 Å². The lowest BCUT2D eigenvalue weighted by atomic mass is 10.0. The molecule has 0 radical (unpaired) electrons. The van der Waals surface area contributed by atoms with E-state index in [1.807, 2.05) is 6.08 Å². The molecule has 1 heterocycles. The number of aromatic amines is 1. The minimum Gasteiger partial charge on any atom is -0.219 e. The Labute approximate surface area is 87.0 Å². The van der Waals surface area contributed by atoms with Gasteiger partial charge >= 0.3 is 0 Å². The molecule has 1 aliphatic carbocycles. The van der Waals surface area contributed by atoms with Crippen molar-refractivity contribution in [3.8, 4) is 0 Å². The van der Waals surface area contributed by atoms with Crippen molar-refractivity contribution in [1.29, 1.82) is 0 Å². The van der Waals surface area contributed by atoms with Crippen molar-refractivity contribution in [1.82, 2.24) is 20.6 Å². The van der Waals surface area contributed by atoms with Crippen molar-refractivity contribution < 1.29 is 8.42 Å². The number of H-pyrrole nitrogens is 1. The maximum Gasteiger partial charge on any atom is 0.289 e. The first-order valence-corrected chi connectivity index (χ1v) is 5.87. The normalized spacial score (nSPS) is 25.7. The predicted octanol–water partition coefficient (Wildman–Crippen LogP) is 0.248. The molecule has 0 bridgehead atoms. The zero-order chi connectivity index (χ0) is 10.9. The van der Waals surface area contributed by atoms with Gasteiger partial charge in [0.15, 0.2) is 0 Å². The molecule has 15 heavy (non-hydrogen) atoms. The summed E-state index contributed by atoms with van der Waals surface area (Å²) >= 11 is 0. The number of sulfone groups is 1. The molecule has 1 atom stereocenters. The molecule has 0 aliphatic heterocycles. The SMILES string of the molecule is CC1(S(=O)(=O)c2nn[nH]n2)C=CC=CC1. The number of nitrogens with one attached hydrogen (secondary N) is 1. The zero-order valence-corrected chi connectivity index (χ0v) is 8.90. The Bertz CT molecular complexity index is 503. The molecule has 6 nitrogen and oxygen atoms in total. The second-order valence-electron chi connectivity index (χ2n) is 3.50. The molecular formula is C8H10N4O2S. The molecule has 80 valence electrons. The maximum atomic E-state index is 12.1. The summed E-state index contributed by atoms with van der Waals surface area (Å²) in [5.41, 5.74) is 0. The van der Waals surface area contributed by atoms with E-state index in [1.54, 1.807) is 25.2 Å². The van der Waals surface area contributed by atoms with Crippen molar-refractivity contribution in [2.24, 2.45) is 0 Å². The van der Waals surface area contributed by atoms with Crippen molar-refractivity contribution in [2.75, 3.05) is 0 Å². The fourth-order valence-electron chi connectivity index (χ4n) is 1.38.